The molecule has 2 aromatic carbocycles. The van der Waals surface area contributed by atoms with Gasteiger partial charge >= 0.3 is 0 Å². The van der Waals surface area contributed by atoms with Gasteiger partial charge in [0.25, 0.3) is 0 Å². The molecule has 0 spiro atoms. The van der Waals surface area contributed by atoms with Crippen molar-refractivity contribution in [1.29, 1.82) is 0 Å². The third kappa shape index (κ3) is 4.18. The lowest BCUT2D eigenvalue weighted by Crippen LogP contribution is -2.44. The molecule has 0 aliphatic carbocycles. The minimum absolute atomic E-state index is 0.0780. The molecule has 3 aromatic rings. The number of ether oxygens (including phenoxy) is 2. The largest absolute Gasteiger partial charge is 0.507 e. The van der Waals surface area contributed by atoms with Crippen LogP contribution >= 0.6 is 0 Å². The van der Waals surface area contributed by atoms with Crippen molar-refractivity contribution in [3.8, 4) is 28.6 Å². The lowest BCUT2D eigenvalue weighted by atomic mass is 10.1. The highest BCUT2D eigenvalue weighted by Crippen LogP contribution is 2.41. The zero-order valence-electron chi connectivity index (χ0n) is 18.3. The third-order valence-electron chi connectivity index (χ3n) is 5.50. The Morgan fingerprint density at radius 1 is 1.06 bits per heavy atom. The Balaban J connectivity index is 1.77. The van der Waals surface area contributed by atoms with E-state index in [2.05, 4.69) is 16.8 Å². The molecule has 1 aliphatic heterocycles. The number of rotatable bonds is 5. The number of piperazine rings is 1. The summed E-state index contributed by atoms with van der Waals surface area (Å²) < 4.78 is 17.3. The SMILES string of the molecule is COc1cc(O)c2c(=O)cc(-c3ccc(N4CCN(C)CC4)cc3)oc2c1OC(C)C. The number of methoxy groups -OCH3 is 1. The van der Waals surface area contributed by atoms with E-state index in [4.69, 9.17) is 13.9 Å². The molecule has 0 bridgehead atoms. The highest BCUT2D eigenvalue weighted by Gasteiger charge is 2.21. The Hall–Kier alpha value is -3.19. The maximum atomic E-state index is 12.8. The number of hydrogen-bond donors (Lipinski definition) is 1. The molecule has 0 unspecified atom stereocenters. The van der Waals surface area contributed by atoms with Crippen LogP contribution in [0.2, 0.25) is 0 Å². The van der Waals surface area contributed by atoms with E-state index in [-0.39, 0.29) is 28.3 Å². The average Bonchev–Trinajstić information content (AvgIpc) is 2.75. The number of benzene rings is 2. The first-order chi connectivity index (χ1) is 14.9. The second-order valence-corrected chi connectivity index (χ2v) is 8.11. The predicted molar refractivity (Wildman–Crippen MR) is 122 cm³/mol. The molecular formula is C24H28N2O5. The molecule has 1 aliphatic rings. The van der Waals surface area contributed by atoms with Gasteiger partial charge in [-0.2, -0.15) is 0 Å². The van der Waals surface area contributed by atoms with Crippen LogP contribution in [-0.2, 0) is 0 Å². The summed E-state index contributed by atoms with van der Waals surface area (Å²) in [6.07, 6.45) is -0.168. The van der Waals surface area contributed by atoms with Gasteiger partial charge in [-0.15, -0.1) is 0 Å². The summed E-state index contributed by atoms with van der Waals surface area (Å²) in [7, 11) is 3.61. The molecule has 0 saturated carbocycles. The number of phenolic OH excluding ortho intramolecular Hbond substituents is 1. The van der Waals surface area contributed by atoms with Gasteiger partial charge in [0, 0.05) is 49.6 Å². The van der Waals surface area contributed by atoms with Crippen LogP contribution in [0.1, 0.15) is 13.8 Å². The predicted octanol–water partition coefficient (Wildman–Crippen LogP) is 3.71. The smallest absolute Gasteiger partial charge is 0.205 e. The Morgan fingerprint density at radius 3 is 2.35 bits per heavy atom. The molecule has 1 aromatic heterocycles. The van der Waals surface area contributed by atoms with Gasteiger partial charge in [-0.3, -0.25) is 4.79 Å². The van der Waals surface area contributed by atoms with Crippen molar-refractivity contribution < 1.29 is 19.0 Å². The number of aromatic hydroxyl groups is 1. The topological polar surface area (TPSA) is 75.4 Å². The van der Waals surface area contributed by atoms with Crippen molar-refractivity contribution >= 4 is 16.7 Å². The van der Waals surface area contributed by atoms with Crippen LogP contribution in [0.3, 0.4) is 0 Å². The highest BCUT2D eigenvalue weighted by atomic mass is 16.5. The van der Waals surface area contributed by atoms with Gasteiger partial charge < -0.3 is 28.8 Å². The molecule has 0 radical (unpaired) electrons. The summed E-state index contributed by atoms with van der Waals surface area (Å²) in [5.74, 6) is 0.820. The Labute approximate surface area is 181 Å². The van der Waals surface area contributed by atoms with Gasteiger partial charge in [0.1, 0.15) is 16.9 Å². The number of phenols is 1. The van der Waals surface area contributed by atoms with E-state index < -0.39 is 0 Å². The lowest BCUT2D eigenvalue weighted by molar-refractivity contribution is 0.229. The summed E-state index contributed by atoms with van der Waals surface area (Å²) in [5.41, 5.74) is 1.75. The minimum Gasteiger partial charge on any atom is -0.507 e. The monoisotopic (exact) mass is 424 g/mol. The molecule has 164 valence electrons. The summed E-state index contributed by atoms with van der Waals surface area (Å²) in [4.78, 5) is 17.5. The first-order valence-corrected chi connectivity index (χ1v) is 10.5. The van der Waals surface area contributed by atoms with Crippen LogP contribution in [0.15, 0.2) is 45.6 Å². The van der Waals surface area contributed by atoms with Gasteiger partial charge in [0.15, 0.2) is 16.8 Å². The van der Waals surface area contributed by atoms with Crippen molar-refractivity contribution in [2.24, 2.45) is 0 Å². The van der Waals surface area contributed by atoms with Crippen LogP contribution in [0, 0.1) is 0 Å². The molecule has 2 heterocycles. The van der Waals surface area contributed by atoms with E-state index in [1.54, 1.807) is 0 Å². The van der Waals surface area contributed by atoms with Crippen LogP contribution in [0.5, 0.6) is 17.2 Å². The third-order valence-corrected chi connectivity index (χ3v) is 5.50. The minimum atomic E-state index is -0.340. The molecule has 31 heavy (non-hydrogen) atoms. The van der Waals surface area contributed by atoms with E-state index in [1.807, 2.05) is 38.1 Å². The summed E-state index contributed by atoms with van der Waals surface area (Å²) >= 11 is 0. The van der Waals surface area contributed by atoms with Crippen LogP contribution in [0.25, 0.3) is 22.3 Å². The van der Waals surface area contributed by atoms with Crippen molar-refractivity contribution in [3.63, 3.8) is 0 Å². The fourth-order valence-electron chi connectivity index (χ4n) is 3.81. The highest BCUT2D eigenvalue weighted by molar-refractivity contribution is 5.91. The molecule has 1 N–H and O–H groups in total. The Bertz CT molecular complexity index is 1130. The first kappa shape index (κ1) is 21.1. The van der Waals surface area contributed by atoms with E-state index >= 15 is 0 Å². The van der Waals surface area contributed by atoms with Gasteiger partial charge in [0.05, 0.1) is 13.2 Å². The second kappa shape index (κ2) is 8.51. The molecule has 0 atom stereocenters. The molecule has 1 saturated heterocycles. The van der Waals surface area contributed by atoms with E-state index in [9.17, 15) is 9.90 Å². The van der Waals surface area contributed by atoms with E-state index in [0.29, 0.717) is 17.3 Å². The van der Waals surface area contributed by atoms with Crippen LogP contribution < -0.4 is 19.8 Å². The van der Waals surface area contributed by atoms with Crippen molar-refractivity contribution in [2.45, 2.75) is 20.0 Å². The normalized spacial score (nSPS) is 14.9. The van der Waals surface area contributed by atoms with Crippen LogP contribution in [-0.4, -0.2) is 56.4 Å². The van der Waals surface area contributed by atoms with E-state index in [1.165, 1.54) is 19.2 Å². The van der Waals surface area contributed by atoms with Gasteiger partial charge in [-0.1, -0.05) is 0 Å². The lowest BCUT2D eigenvalue weighted by Gasteiger charge is -2.34. The number of nitrogens with zero attached hydrogens (tertiary/aromatic N) is 2. The molecule has 4 rings (SSSR count). The molecular weight excluding hydrogens is 396 g/mol. The Morgan fingerprint density at radius 2 is 1.74 bits per heavy atom. The number of likely N-dealkylation sites (N-methyl/N-ethyl adjacent to an activating group) is 1. The molecule has 7 nitrogen and oxygen atoms in total. The van der Waals surface area contributed by atoms with Crippen molar-refractivity contribution in [3.05, 3.63) is 46.6 Å². The average molecular weight is 424 g/mol. The summed E-state index contributed by atoms with van der Waals surface area (Å²) in [6.45, 7) is 7.77. The van der Waals surface area contributed by atoms with Crippen molar-refractivity contribution in [2.75, 3.05) is 45.2 Å². The van der Waals surface area contributed by atoms with Gasteiger partial charge in [-0.05, 0) is 45.2 Å². The number of anilines is 1. The first-order valence-electron chi connectivity index (χ1n) is 10.5. The van der Waals surface area contributed by atoms with Gasteiger partial charge in [0.2, 0.25) is 5.75 Å². The maximum absolute atomic E-state index is 12.8. The summed E-state index contributed by atoms with van der Waals surface area (Å²) in [5, 5.41) is 10.5. The quantitative estimate of drug-likeness (QED) is 0.669. The fraction of sp³-hybridized carbons (Fsp3) is 0.375. The standard InChI is InChI=1S/C24H28N2O5/c1-15(2)30-23-21(29-4)14-19(28)22-18(27)13-20(31-24(22)23)16-5-7-17(8-6-16)26-11-9-25(3)10-12-26/h5-8,13-15,28H,9-12H2,1-4H3. The molecule has 1 fully saturated rings. The fourth-order valence-corrected chi connectivity index (χ4v) is 3.81. The maximum Gasteiger partial charge on any atom is 0.205 e. The number of fused-ring (bicyclic) bond motifs is 1. The van der Waals surface area contributed by atoms with Crippen molar-refractivity contribution in [1.82, 2.24) is 4.90 Å². The number of hydrogen-bond acceptors (Lipinski definition) is 7. The Kier molecular flexibility index (Phi) is 5.78. The van der Waals surface area contributed by atoms with Gasteiger partial charge in [-0.25, -0.2) is 0 Å². The van der Waals surface area contributed by atoms with E-state index in [0.717, 1.165) is 37.4 Å². The zero-order chi connectivity index (χ0) is 22.1. The second-order valence-electron chi connectivity index (χ2n) is 8.11. The zero-order valence-corrected chi connectivity index (χ0v) is 18.3. The molecule has 0 amide bonds. The van der Waals surface area contributed by atoms with Crippen LogP contribution in [0.4, 0.5) is 5.69 Å². The summed E-state index contributed by atoms with van der Waals surface area (Å²) in [6, 6.07) is 10.8. The molecule has 7 heteroatoms.